The van der Waals surface area contributed by atoms with E-state index in [2.05, 4.69) is 27.8 Å². The number of hydrogen-bond acceptors (Lipinski definition) is 5. The molecule has 170 valence electrons. The number of guanidine groups is 1. The molecule has 0 radical (unpaired) electrons. The number of carbonyl (C=O) groups is 2. The Morgan fingerprint density at radius 1 is 1.23 bits per heavy atom. The zero-order valence-electron chi connectivity index (χ0n) is 17.4. The van der Waals surface area contributed by atoms with Crippen molar-refractivity contribution in [1.82, 2.24) is 15.7 Å². The van der Waals surface area contributed by atoms with Crippen molar-refractivity contribution in [3.05, 3.63) is 42.1 Å². The zero-order chi connectivity index (χ0) is 22.4. The second-order valence-corrected chi connectivity index (χ2v) is 6.04. The molecule has 0 spiro atoms. The van der Waals surface area contributed by atoms with Gasteiger partial charge in [-0.25, -0.2) is 15.0 Å². The molecule has 1 heterocycles. The number of aromatic nitrogens is 1. The van der Waals surface area contributed by atoms with Gasteiger partial charge in [0.2, 0.25) is 5.96 Å². The van der Waals surface area contributed by atoms with Crippen LogP contribution in [0, 0.1) is 5.41 Å². The highest BCUT2D eigenvalue weighted by molar-refractivity contribution is 5.99. The molecule has 0 aliphatic carbocycles. The van der Waals surface area contributed by atoms with Gasteiger partial charge in [-0.15, -0.1) is 0 Å². The number of unbranched alkanes of at least 4 members (excludes halogenated alkanes) is 2. The van der Waals surface area contributed by atoms with Gasteiger partial charge in [0, 0.05) is 41.4 Å². The third-order valence-electron chi connectivity index (χ3n) is 3.75. The van der Waals surface area contributed by atoms with Crippen LogP contribution in [-0.2, 0) is 9.59 Å². The van der Waals surface area contributed by atoms with Crippen molar-refractivity contribution in [2.75, 3.05) is 13.7 Å². The zero-order valence-corrected chi connectivity index (χ0v) is 17.4. The smallest absolute Gasteiger partial charge is 0.328 e. The summed E-state index contributed by atoms with van der Waals surface area (Å²) in [5, 5.41) is 31.5. The Bertz CT molecular complexity index is 891. The van der Waals surface area contributed by atoms with Crippen molar-refractivity contribution in [1.29, 1.82) is 5.41 Å². The number of hydrazone groups is 1. The summed E-state index contributed by atoms with van der Waals surface area (Å²) in [7, 11) is 1.65. The van der Waals surface area contributed by atoms with E-state index < -0.39 is 11.9 Å². The Balaban J connectivity index is 0.000000858. The molecule has 0 aliphatic heterocycles. The van der Waals surface area contributed by atoms with Gasteiger partial charge in [-0.3, -0.25) is 5.41 Å². The first-order chi connectivity index (χ1) is 14.4. The third kappa shape index (κ3) is 11.0. The SMILES string of the molecule is CCCCCNC(=N)N/N=C/c1c[nH]c2ccc(OC)cc12.O.O=C(O)/C=C\C(=O)O. The normalized spacial score (nSPS) is 10.3. The van der Waals surface area contributed by atoms with E-state index in [0.29, 0.717) is 12.2 Å². The van der Waals surface area contributed by atoms with Crippen molar-refractivity contribution in [3.63, 3.8) is 0 Å². The standard InChI is InChI=1S/C16H23N5O.C4H4O4.H2O/c1-3-4-5-8-18-16(17)21-20-11-12-10-19-15-7-6-13(22-2)9-14(12)15;5-3(6)1-2-4(7)8;/h6-7,9-11,19H,3-5,8H2,1-2H3,(H3,17,18,21);1-2H,(H,5,6)(H,7,8);1H2/b20-11+;2-1-;. The molecule has 0 unspecified atom stereocenters. The molecular formula is C20H29N5O6. The fourth-order valence-electron chi connectivity index (χ4n) is 2.29. The summed E-state index contributed by atoms with van der Waals surface area (Å²) in [6.07, 6.45) is 8.09. The predicted molar refractivity (Wildman–Crippen MR) is 119 cm³/mol. The number of fused-ring (bicyclic) bond motifs is 1. The van der Waals surface area contributed by atoms with Crippen LogP contribution in [0.15, 0.2) is 41.6 Å². The molecule has 31 heavy (non-hydrogen) atoms. The monoisotopic (exact) mass is 435 g/mol. The minimum atomic E-state index is -1.26. The first-order valence-corrected chi connectivity index (χ1v) is 9.28. The van der Waals surface area contributed by atoms with Crippen LogP contribution in [0.5, 0.6) is 5.75 Å². The lowest BCUT2D eigenvalue weighted by Gasteiger charge is -2.05. The highest BCUT2D eigenvalue weighted by Crippen LogP contribution is 2.22. The number of rotatable bonds is 9. The maximum absolute atomic E-state index is 9.55. The van der Waals surface area contributed by atoms with Crippen molar-refractivity contribution in [2.24, 2.45) is 5.10 Å². The molecule has 8 N–H and O–H groups in total. The number of methoxy groups -OCH3 is 1. The number of nitrogens with one attached hydrogen (secondary N) is 4. The summed E-state index contributed by atoms with van der Waals surface area (Å²) in [5.74, 6) is -1.50. The molecule has 0 aliphatic rings. The van der Waals surface area contributed by atoms with Gasteiger partial charge in [-0.1, -0.05) is 19.8 Å². The van der Waals surface area contributed by atoms with Crippen LogP contribution in [0.4, 0.5) is 0 Å². The van der Waals surface area contributed by atoms with Crippen LogP contribution < -0.4 is 15.5 Å². The van der Waals surface area contributed by atoms with Crippen LogP contribution in [0.25, 0.3) is 10.9 Å². The van der Waals surface area contributed by atoms with E-state index >= 15 is 0 Å². The number of benzene rings is 1. The van der Waals surface area contributed by atoms with Crippen molar-refractivity contribution < 1.29 is 30.0 Å². The van der Waals surface area contributed by atoms with Crippen LogP contribution in [0.3, 0.4) is 0 Å². The van der Waals surface area contributed by atoms with E-state index in [1.807, 2.05) is 24.4 Å². The lowest BCUT2D eigenvalue weighted by atomic mass is 10.2. The predicted octanol–water partition coefficient (Wildman–Crippen LogP) is 1.70. The number of hydrogen-bond donors (Lipinski definition) is 6. The van der Waals surface area contributed by atoms with Crippen LogP contribution >= 0.6 is 0 Å². The van der Waals surface area contributed by atoms with Gasteiger partial charge >= 0.3 is 11.9 Å². The molecule has 2 aromatic rings. The summed E-state index contributed by atoms with van der Waals surface area (Å²) in [4.78, 5) is 22.3. The third-order valence-corrected chi connectivity index (χ3v) is 3.75. The van der Waals surface area contributed by atoms with E-state index in [-0.39, 0.29) is 11.4 Å². The van der Waals surface area contributed by atoms with Crippen molar-refractivity contribution in [2.45, 2.75) is 26.2 Å². The molecule has 0 atom stereocenters. The fourth-order valence-corrected chi connectivity index (χ4v) is 2.29. The van der Waals surface area contributed by atoms with E-state index in [1.54, 1.807) is 13.3 Å². The summed E-state index contributed by atoms with van der Waals surface area (Å²) in [5.41, 5.74) is 4.66. The molecule has 11 heteroatoms. The Morgan fingerprint density at radius 3 is 2.48 bits per heavy atom. The molecule has 0 amide bonds. The quantitative estimate of drug-likeness (QED) is 0.113. The average molecular weight is 435 g/mol. The first-order valence-electron chi connectivity index (χ1n) is 9.28. The lowest BCUT2D eigenvalue weighted by Crippen LogP contribution is -2.33. The van der Waals surface area contributed by atoms with Gasteiger partial charge < -0.3 is 30.7 Å². The molecule has 11 nitrogen and oxygen atoms in total. The number of aromatic amines is 1. The van der Waals surface area contributed by atoms with E-state index in [1.165, 1.54) is 12.8 Å². The van der Waals surface area contributed by atoms with Crippen LogP contribution in [0.2, 0.25) is 0 Å². The van der Waals surface area contributed by atoms with Gasteiger partial charge in [0.25, 0.3) is 0 Å². The summed E-state index contributed by atoms with van der Waals surface area (Å²) in [6, 6.07) is 5.84. The Morgan fingerprint density at radius 2 is 1.90 bits per heavy atom. The molecule has 0 bridgehead atoms. The lowest BCUT2D eigenvalue weighted by molar-refractivity contribution is -0.134. The minimum Gasteiger partial charge on any atom is -0.497 e. The number of ether oxygens (including phenoxy) is 1. The number of carboxylic acid groups (broad SMARTS) is 2. The minimum absolute atomic E-state index is 0. The van der Waals surface area contributed by atoms with Crippen molar-refractivity contribution >= 4 is 35.0 Å². The van der Waals surface area contributed by atoms with Crippen molar-refractivity contribution in [3.8, 4) is 5.75 Å². The van der Waals surface area contributed by atoms with Gasteiger partial charge in [0.05, 0.1) is 13.3 Å². The highest BCUT2D eigenvalue weighted by atomic mass is 16.5. The summed E-state index contributed by atoms with van der Waals surface area (Å²) in [6.45, 7) is 2.95. The van der Waals surface area contributed by atoms with Gasteiger partial charge in [0.15, 0.2) is 0 Å². The fraction of sp³-hybridized carbons (Fsp3) is 0.300. The second kappa shape index (κ2) is 15.0. The van der Waals surface area contributed by atoms with Crippen LogP contribution in [0.1, 0.15) is 31.7 Å². The number of aliphatic carboxylic acids is 2. The van der Waals surface area contributed by atoms with Gasteiger partial charge in [0.1, 0.15) is 5.75 Å². The topological polar surface area (TPSA) is 191 Å². The number of nitrogens with zero attached hydrogens (tertiary/aromatic N) is 1. The average Bonchev–Trinajstić information content (AvgIpc) is 3.12. The Kier molecular flexibility index (Phi) is 13.2. The van der Waals surface area contributed by atoms with E-state index in [0.717, 1.165) is 35.2 Å². The summed E-state index contributed by atoms with van der Waals surface area (Å²) < 4.78 is 5.24. The maximum atomic E-state index is 9.55. The molecule has 1 aromatic heterocycles. The highest BCUT2D eigenvalue weighted by Gasteiger charge is 2.03. The second-order valence-electron chi connectivity index (χ2n) is 6.04. The summed E-state index contributed by atoms with van der Waals surface area (Å²) >= 11 is 0. The van der Waals surface area contributed by atoms with E-state index in [9.17, 15) is 9.59 Å². The van der Waals surface area contributed by atoms with Gasteiger partial charge in [-0.2, -0.15) is 5.10 Å². The number of carboxylic acids is 2. The molecule has 2 rings (SSSR count). The maximum Gasteiger partial charge on any atom is 0.328 e. The molecule has 0 saturated heterocycles. The Labute approximate surface area is 179 Å². The number of H-pyrrole nitrogens is 1. The molecular weight excluding hydrogens is 406 g/mol. The molecule has 0 fully saturated rings. The molecule has 0 saturated carbocycles. The van der Waals surface area contributed by atoms with Crippen LogP contribution in [-0.4, -0.2) is 58.4 Å². The first kappa shape index (κ1) is 27.1. The Hall–Kier alpha value is -3.86. The van der Waals surface area contributed by atoms with E-state index in [4.69, 9.17) is 20.4 Å². The molecule has 1 aromatic carbocycles. The largest absolute Gasteiger partial charge is 0.497 e. The van der Waals surface area contributed by atoms with Gasteiger partial charge in [-0.05, 0) is 24.6 Å².